The van der Waals surface area contributed by atoms with Crippen LogP contribution in [0.2, 0.25) is 0 Å². The summed E-state index contributed by atoms with van der Waals surface area (Å²) in [4.78, 5) is 26.2. The van der Waals surface area contributed by atoms with Gasteiger partial charge in [0.15, 0.2) is 0 Å². The number of aryl methyl sites for hydroxylation is 4. The summed E-state index contributed by atoms with van der Waals surface area (Å²) in [5.41, 5.74) is 4.74. The average Bonchev–Trinajstić information content (AvgIpc) is 3.18. The van der Waals surface area contributed by atoms with Crippen LogP contribution in [0.3, 0.4) is 0 Å². The number of hydrogen-bond acceptors (Lipinski definition) is 5. The number of aromatic nitrogens is 2. The van der Waals surface area contributed by atoms with Gasteiger partial charge in [-0.3, -0.25) is 9.59 Å². The molecule has 1 heterocycles. The smallest absolute Gasteiger partial charge is 0.247 e. The van der Waals surface area contributed by atoms with E-state index in [1.165, 1.54) is 4.90 Å². The molecule has 0 unspecified atom stereocenters. The second-order valence-electron chi connectivity index (χ2n) is 7.43. The summed E-state index contributed by atoms with van der Waals surface area (Å²) in [5, 5.41) is 11.0. The molecular weight excluding hydrogens is 380 g/mol. The molecule has 0 aliphatic rings. The van der Waals surface area contributed by atoms with Gasteiger partial charge < -0.3 is 14.6 Å². The Kier molecular flexibility index (Phi) is 6.61. The molecule has 2 amide bonds. The van der Waals surface area contributed by atoms with Crippen molar-refractivity contribution in [2.45, 2.75) is 33.6 Å². The molecule has 0 radical (unpaired) electrons. The molecule has 0 aliphatic heterocycles. The lowest BCUT2D eigenvalue weighted by atomic mass is 10.1. The van der Waals surface area contributed by atoms with Gasteiger partial charge in [-0.2, -0.15) is 0 Å². The molecule has 1 aromatic heterocycles. The molecule has 3 rings (SSSR count). The van der Waals surface area contributed by atoms with Crippen LogP contribution in [0.5, 0.6) is 0 Å². The number of carbonyl (C=O) groups excluding carboxylic acids is 2. The maximum Gasteiger partial charge on any atom is 0.247 e. The number of para-hydroxylation sites is 1. The largest absolute Gasteiger partial charge is 0.421 e. The highest BCUT2D eigenvalue weighted by Crippen LogP contribution is 2.20. The second kappa shape index (κ2) is 9.35. The Labute approximate surface area is 176 Å². The van der Waals surface area contributed by atoms with Crippen molar-refractivity contribution in [1.29, 1.82) is 0 Å². The lowest BCUT2D eigenvalue weighted by molar-refractivity contribution is -0.133. The summed E-state index contributed by atoms with van der Waals surface area (Å²) in [5.74, 6) is 0.426. The Morgan fingerprint density at radius 1 is 1.00 bits per heavy atom. The zero-order valence-electron chi connectivity index (χ0n) is 17.7. The first-order chi connectivity index (χ1) is 14.3. The molecule has 30 heavy (non-hydrogen) atoms. The zero-order chi connectivity index (χ0) is 21.7. The van der Waals surface area contributed by atoms with Crippen LogP contribution in [0.4, 0.5) is 5.69 Å². The molecule has 2 aromatic carbocycles. The molecule has 156 valence electrons. The summed E-state index contributed by atoms with van der Waals surface area (Å²) in [6, 6.07) is 13.6. The number of likely N-dealkylation sites (N-methyl/N-ethyl adjacent to an activating group) is 1. The third kappa shape index (κ3) is 5.31. The number of carbonyl (C=O) groups is 2. The second-order valence-corrected chi connectivity index (χ2v) is 7.43. The van der Waals surface area contributed by atoms with E-state index in [1.54, 1.807) is 7.05 Å². The fraction of sp³-hybridized carbons (Fsp3) is 0.304. The average molecular weight is 406 g/mol. The van der Waals surface area contributed by atoms with Crippen LogP contribution < -0.4 is 5.32 Å². The van der Waals surface area contributed by atoms with Gasteiger partial charge in [-0.05, 0) is 44.0 Å². The number of benzene rings is 2. The molecule has 0 atom stereocenters. The van der Waals surface area contributed by atoms with Crippen molar-refractivity contribution < 1.29 is 14.0 Å². The minimum Gasteiger partial charge on any atom is -0.421 e. The van der Waals surface area contributed by atoms with E-state index in [-0.39, 0.29) is 24.8 Å². The Morgan fingerprint density at radius 2 is 1.67 bits per heavy atom. The van der Waals surface area contributed by atoms with Crippen LogP contribution in [0.15, 0.2) is 46.9 Å². The molecule has 0 bridgehead atoms. The van der Waals surface area contributed by atoms with E-state index < -0.39 is 0 Å². The Hall–Kier alpha value is -3.48. The summed E-state index contributed by atoms with van der Waals surface area (Å²) in [7, 11) is 1.61. The van der Waals surface area contributed by atoms with Gasteiger partial charge in [0.25, 0.3) is 0 Å². The van der Waals surface area contributed by atoms with Gasteiger partial charge in [-0.15, -0.1) is 10.2 Å². The fourth-order valence-electron chi connectivity index (χ4n) is 3.07. The van der Waals surface area contributed by atoms with E-state index in [2.05, 4.69) is 15.5 Å². The number of nitrogens with one attached hydrogen (secondary N) is 1. The summed E-state index contributed by atoms with van der Waals surface area (Å²) >= 11 is 0. The molecule has 1 N–H and O–H groups in total. The molecule has 3 aromatic rings. The van der Waals surface area contributed by atoms with Crippen molar-refractivity contribution in [3.8, 4) is 11.5 Å². The van der Waals surface area contributed by atoms with E-state index in [1.807, 2.05) is 63.2 Å². The third-order valence-corrected chi connectivity index (χ3v) is 4.87. The van der Waals surface area contributed by atoms with Crippen molar-refractivity contribution in [2.75, 3.05) is 18.9 Å². The number of hydrogen-bond donors (Lipinski definition) is 1. The molecule has 7 heteroatoms. The maximum atomic E-state index is 12.4. The van der Waals surface area contributed by atoms with E-state index in [0.29, 0.717) is 18.2 Å². The van der Waals surface area contributed by atoms with Crippen molar-refractivity contribution in [3.05, 3.63) is 65.0 Å². The van der Waals surface area contributed by atoms with Gasteiger partial charge in [0, 0.05) is 31.1 Å². The van der Waals surface area contributed by atoms with E-state index in [4.69, 9.17) is 4.42 Å². The molecule has 0 fully saturated rings. The van der Waals surface area contributed by atoms with Crippen LogP contribution in [0.25, 0.3) is 11.5 Å². The highest BCUT2D eigenvalue weighted by Gasteiger charge is 2.16. The lowest BCUT2D eigenvalue weighted by Crippen LogP contribution is -2.35. The van der Waals surface area contributed by atoms with Crippen molar-refractivity contribution in [3.63, 3.8) is 0 Å². The molecule has 0 saturated heterocycles. The highest BCUT2D eigenvalue weighted by molar-refractivity contribution is 5.95. The molecule has 0 saturated carbocycles. The molecular formula is C23H26N4O3. The van der Waals surface area contributed by atoms with Crippen LogP contribution >= 0.6 is 0 Å². The Balaban J connectivity index is 1.51. The van der Waals surface area contributed by atoms with E-state index >= 15 is 0 Å². The first-order valence-corrected chi connectivity index (χ1v) is 9.83. The van der Waals surface area contributed by atoms with E-state index in [0.717, 1.165) is 27.9 Å². The van der Waals surface area contributed by atoms with Gasteiger partial charge in [0.1, 0.15) is 0 Å². The van der Waals surface area contributed by atoms with Gasteiger partial charge in [-0.25, -0.2) is 0 Å². The number of anilines is 1. The zero-order valence-corrected chi connectivity index (χ0v) is 17.7. The minimum atomic E-state index is -0.234. The third-order valence-electron chi connectivity index (χ3n) is 4.87. The normalized spacial score (nSPS) is 10.7. The van der Waals surface area contributed by atoms with Crippen LogP contribution in [-0.4, -0.2) is 40.5 Å². The van der Waals surface area contributed by atoms with Crippen LogP contribution in [-0.2, 0) is 16.0 Å². The maximum absolute atomic E-state index is 12.4. The highest BCUT2D eigenvalue weighted by atomic mass is 16.4. The predicted molar refractivity (Wildman–Crippen MR) is 115 cm³/mol. The first-order valence-electron chi connectivity index (χ1n) is 9.83. The van der Waals surface area contributed by atoms with Gasteiger partial charge in [-0.1, -0.05) is 35.9 Å². The molecule has 7 nitrogen and oxygen atoms in total. The monoisotopic (exact) mass is 406 g/mol. The van der Waals surface area contributed by atoms with Crippen LogP contribution in [0, 0.1) is 20.8 Å². The number of rotatable bonds is 7. The van der Waals surface area contributed by atoms with E-state index in [9.17, 15) is 9.59 Å². The first kappa shape index (κ1) is 21.2. The van der Waals surface area contributed by atoms with Crippen LogP contribution in [0.1, 0.15) is 29.0 Å². The number of nitrogens with zero attached hydrogens (tertiary/aromatic N) is 3. The fourth-order valence-corrected chi connectivity index (χ4v) is 3.07. The Bertz CT molecular complexity index is 1020. The van der Waals surface area contributed by atoms with Crippen molar-refractivity contribution >= 4 is 17.5 Å². The predicted octanol–water partition coefficient (Wildman–Crippen LogP) is 3.69. The Morgan fingerprint density at radius 3 is 2.33 bits per heavy atom. The number of amides is 2. The standard InChI is InChI=1S/C23H26N4O3/c1-15-8-10-18(11-9-15)23-26-25-20(30-23)12-13-21(29)27(4)14-19(28)24-22-16(2)6-5-7-17(22)3/h5-11H,12-14H2,1-4H3,(H,24,28). The van der Waals surface area contributed by atoms with Gasteiger partial charge >= 0.3 is 0 Å². The molecule has 0 aliphatic carbocycles. The summed E-state index contributed by atoms with van der Waals surface area (Å²) in [6.07, 6.45) is 0.503. The minimum absolute atomic E-state index is 0.0228. The van der Waals surface area contributed by atoms with Gasteiger partial charge in [0.05, 0.1) is 6.54 Å². The SMILES string of the molecule is Cc1ccc(-c2nnc(CCC(=O)N(C)CC(=O)Nc3c(C)cccc3C)o2)cc1. The summed E-state index contributed by atoms with van der Waals surface area (Å²) in [6.45, 7) is 5.86. The van der Waals surface area contributed by atoms with Crippen molar-refractivity contribution in [1.82, 2.24) is 15.1 Å². The lowest BCUT2D eigenvalue weighted by Gasteiger charge is -2.18. The molecule has 0 spiro atoms. The quantitative estimate of drug-likeness (QED) is 0.646. The van der Waals surface area contributed by atoms with Gasteiger partial charge in [0.2, 0.25) is 23.6 Å². The summed E-state index contributed by atoms with van der Waals surface area (Å²) < 4.78 is 5.65. The topological polar surface area (TPSA) is 88.3 Å². The van der Waals surface area contributed by atoms with Crippen molar-refractivity contribution in [2.24, 2.45) is 0 Å².